The Hall–Kier alpha value is -2.26. The summed E-state index contributed by atoms with van der Waals surface area (Å²) < 4.78 is 1.21. The number of rotatable bonds is 1. The molecule has 0 spiro atoms. The first kappa shape index (κ1) is 11.6. The van der Waals surface area contributed by atoms with E-state index in [0.29, 0.717) is 0 Å². The molecule has 0 saturated carbocycles. The quantitative estimate of drug-likeness (QED) is 0.498. The molecule has 0 bridgehead atoms. The topological polar surface area (TPSA) is 25.8 Å². The summed E-state index contributed by atoms with van der Waals surface area (Å²) in [5.41, 5.74) is 3.47. The summed E-state index contributed by atoms with van der Waals surface area (Å²) in [6.07, 6.45) is 3.73. The molecule has 0 amide bonds. The predicted molar refractivity (Wildman–Crippen MR) is 85.1 cm³/mol. The van der Waals surface area contributed by atoms with E-state index in [1.54, 1.807) is 11.3 Å². The fourth-order valence-corrected chi connectivity index (χ4v) is 3.60. The van der Waals surface area contributed by atoms with Crippen molar-refractivity contribution in [1.29, 1.82) is 0 Å². The zero-order valence-corrected chi connectivity index (χ0v) is 11.8. The van der Waals surface area contributed by atoms with Crippen molar-refractivity contribution in [3.8, 4) is 11.3 Å². The fourth-order valence-electron chi connectivity index (χ4n) is 2.45. The van der Waals surface area contributed by atoms with Gasteiger partial charge in [0.25, 0.3) is 0 Å². The smallest absolute Gasteiger partial charge is 0.124 e. The first-order valence-electron chi connectivity index (χ1n) is 6.52. The third-order valence-electron chi connectivity index (χ3n) is 3.49. The predicted octanol–water partition coefficient (Wildman–Crippen LogP) is 4.82. The minimum absolute atomic E-state index is 1.05. The van der Waals surface area contributed by atoms with Gasteiger partial charge in [0.1, 0.15) is 4.83 Å². The molecule has 0 aliphatic heterocycles. The zero-order chi connectivity index (χ0) is 13.5. The number of hydrogen-bond donors (Lipinski definition) is 0. The number of thiophene rings is 1. The summed E-state index contributed by atoms with van der Waals surface area (Å²) in [5, 5.41) is 2.45. The molecule has 3 aromatic heterocycles. The van der Waals surface area contributed by atoms with E-state index in [2.05, 4.69) is 53.3 Å². The van der Waals surface area contributed by atoms with Crippen molar-refractivity contribution in [3.05, 3.63) is 60.4 Å². The number of nitrogens with zero attached hydrogens (tertiary/aromatic N) is 2. The van der Waals surface area contributed by atoms with E-state index in [-0.39, 0.29) is 0 Å². The van der Waals surface area contributed by atoms with Gasteiger partial charge < -0.3 is 0 Å². The molecule has 0 aliphatic carbocycles. The van der Waals surface area contributed by atoms with Gasteiger partial charge in [0.05, 0.1) is 10.4 Å². The van der Waals surface area contributed by atoms with Gasteiger partial charge in [0.2, 0.25) is 0 Å². The summed E-state index contributed by atoms with van der Waals surface area (Å²) in [7, 11) is 0. The lowest BCUT2D eigenvalue weighted by Gasteiger charge is -2.02. The van der Waals surface area contributed by atoms with Crippen LogP contribution in [0.15, 0.2) is 54.9 Å². The average Bonchev–Trinajstić information content (AvgIpc) is 2.87. The van der Waals surface area contributed by atoms with E-state index in [4.69, 9.17) is 0 Å². The lowest BCUT2D eigenvalue weighted by atomic mass is 10.1. The Morgan fingerprint density at radius 3 is 2.55 bits per heavy atom. The number of aryl methyl sites for hydroxylation is 1. The molecule has 0 saturated heterocycles. The van der Waals surface area contributed by atoms with Crippen molar-refractivity contribution in [1.82, 2.24) is 9.97 Å². The van der Waals surface area contributed by atoms with Crippen molar-refractivity contribution in [2.45, 2.75) is 6.92 Å². The molecule has 3 heterocycles. The van der Waals surface area contributed by atoms with Crippen molar-refractivity contribution >= 4 is 31.6 Å². The van der Waals surface area contributed by atoms with Crippen LogP contribution in [0.2, 0.25) is 0 Å². The summed E-state index contributed by atoms with van der Waals surface area (Å²) in [6.45, 7) is 2.10. The highest BCUT2D eigenvalue weighted by Crippen LogP contribution is 2.37. The fraction of sp³-hybridized carbons (Fsp3) is 0.0588. The molecule has 0 fully saturated rings. The van der Waals surface area contributed by atoms with E-state index in [0.717, 1.165) is 16.1 Å². The number of fused-ring (bicyclic) bond motifs is 3. The molecule has 1 aromatic carbocycles. The van der Waals surface area contributed by atoms with E-state index < -0.39 is 0 Å². The van der Waals surface area contributed by atoms with Crippen LogP contribution in [0.3, 0.4) is 0 Å². The van der Waals surface area contributed by atoms with Gasteiger partial charge in [-0.15, -0.1) is 11.3 Å². The van der Waals surface area contributed by atoms with Gasteiger partial charge in [0, 0.05) is 28.7 Å². The van der Waals surface area contributed by atoms with Gasteiger partial charge >= 0.3 is 0 Å². The molecule has 0 N–H and O–H groups in total. The van der Waals surface area contributed by atoms with Crippen molar-refractivity contribution in [2.24, 2.45) is 0 Å². The molecule has 0 atom stereocenters. The van der Waals surface area contributed by atoms with E-state index in [1.165, 1.54) is 21.0 Å². The second-order valence-electron chi connectivity index (χ2n) is 4.86. The Balaban J connectivity index is 2.07. The minimum atomic E-state index is 1.05. The third kappa shape index (κ3) is 1.71. The molecule has 96 valence electrons. The van der Waals surface area contributed by atoms with E-state index in [9.17, 15) is 0 Å². The van der Waals surface area contributed by atoms with Crippen LogP contribution >= 0.6 is 11.3 Å². The molecule has 0 unspecified atom stereocenters. The monoisotopic (exact) mass is 276 g/mol. The lowest BCUT2D eigenvalue weighted by molar-refractivity contribution is 1.36. The Bertz CT molecular complexity index is 907. The maximum Gasteiger partial charge on any atom is 0.124 e. The van der Waals surface area contributed by atoms with Crippen molar-refractivity contribution in [3.63, 3.8) is 0 Å². The number of aromatic nitrogens is 2. The summed E-state index contributed by atoms with van der Waals surface area (Å²) in [4.78, 5) is 10.1. The third-order valence-corrected chi connectivity index (χ3v) is 4.63. The molecule has 20 heavy (non-hydrogen) atoms. The SMILES string of the molecule is Cc1ccc(-c2nccc3c2sc2ncccc23)cc1. The van der Waals surface area contributed by atoms with Crippen LogP contribution in [-0.4, -0.2) is 9.97 Å². The van der Waals surface area contributed by atoms with Gasteiger partial charge in [0.15, 0.2) is 0 Å². The van der Waals surface area contributed by atoms with Crippen LogP contribution in [0.4, 0.5) is 0 Å². The van der Waals surface area contributed by atoms with Gasteiger partial charge in [-0.05, 0) is 25.1 Å². The maximum absolute atomic E-state index is 4.58. The molecule has 0 aliphatic rings. The highest BCUT2D eigenvalue weighted by molar-refractivity contribution is 7.25. The molecule has 3 heteroatoms. The molecular weight excluding hydrogens is 264 g/mol. The Morgan fingerprint density at radius 2 is 1.70 bits per heavy atom. The number of pyridine rings is 2. The Morgan fingerprint density at radius 1 is 0.850 bits per heavy atom. The standard InChI is InChI=1S/C17H12N2S/c1-11-4-6-12(7-5-11)15-16-13(8-10-18-15)14-3-2-9-19-17(14)20-16/h2-10H,1H3. The van der Waals surface area contributed by atoms with Crippen LogP contribution in [-0.2, 0) is 0 Å². The zero-order valence-electron chi connectivity index (χ0n) is 11.0. The maximum atomic E-state index is 4.58. The summed E-state index contributed by atoms with van der Waals surface area (Å²) in [6, 6.07) is 14.7. The largest absolute Gasteiger partial charge is 0.255 e. The summed E-state index contributed by atoms with van der Waals surface area (Å²) >= 11 is 1.71. The number of hydrogen-bond acceptors (Lipinski definition) is 3. The van der Waals surface area contributed by atoms with Crippen molar-refractivity contribution < 1.29 is 0 Å². The van der Waals surface area contributed by atoms with Crippen LogP contribution in [0, 0.1) is 6.92 Å². The van der Waals surface area contributed by atoms with Crippen LogP contribution in [0.25, 0.3) is 31.6 Å². The highest BCUT2D eigenvalue weighted by Gasteiger charge is 2.11. The highest BCUT2D eigenvalue weighted by atomic mass is 32.1. The van der Waals surface area contributed by atoms with Gasteiger partial charge in [-0.25, -0.2) is 4.98 Å². The second-order valence-corrected chi connectivity index (χ2v) is 5.86. The minimum Gasteiger partial charge on any atom is -0.255 e. The van der Waals surface area contributed by atoms with Crippen LogP contribution in [0.1, 0.15) is 5.56 Å². The van der Waals surface area contributed by atoms with Crippen LogP contribution < -0.4 is 0 Å². The van der Waals surface area contributed by atoms with E-state index in [1.807, 2.05) is 18.5 Å². The molecule has 4 aromatic rings. The van der Waals surface area contributed by atoms with Crippen molar-refractivity contribution in [2.75, 3.05) is 0 Å². The van der Waals surface area contributed by atoms with Gasteiger partial charge in [-0.3, -0.25) is 4.98 Å². The summed E-state index contributed by atoms with van der Waals surface area (Å²) in [5.74, 6) is 0. The molecule has 0 radical (unpaired) electrons. The molecule has 4 rings (SSSR count). The Labute approximate surface area is 120 Å². The molecular formula is C17H12N2S. The average molecular weight is 276 g/mol. The molecule has 2 nitrogen and oxygen atoms in total. The second kappa shape index (κ2) is 4.39. The number of benzene rings is 1. The Kier molecular flexibility index (Phi) is 2.54. The first-order chi connectivity index (χ1) is 9.83. The van der Waals surface area contributed by atoms with Crippen LogP contribution in [0.5, 0.6) is 0 Å². The van der Waals surface area contributed by atoms with Gasteiger partial charge in [-0.1, -0.05) is 29.8 Å². The first-order valence-corrected chi connectivity index (χ1v) is 7.34. The normalized spacial score (nSPS) is 11.2. The van der Waals surface area contributed by atoms with Gasteiger partial charge in [-0.2, -0.15) is 0 Å². The lowest BCUT2D eigenvalue weighted by Crippen LogP contribution is -1.83. The van der Waals surface area contributed by atoms with E-state index >= 15 is 0 Å².